The minimum Gasteiger partial charge on any atom is -0.493 e. The van der Waals surface area contributed by atoms with E-state index in [1.807, 2.05) is 24.3 Å². The van der Waals surface area contributed by atoms with Gasteiger partial charge in [-0.1, -0.05) is 39.8 Å². The molecular formula is C18H31NO2. The monoisotopic (exact) mass is 293 g/mol. The third kappa shape index (κ3) is 6.49. The van der Waals surface area contributed by atoms with Gasteiger partial charge in [0.05, 0.1) is 12.7 Å². The Morgan fingerprint density at radius 3 is 2.10 bits per heavy atom. The summed E-state index contributed by atoms with van der Waals surface area (Å²) in [7, 11) is 0. The van der Waals surface area contributed by atoms with E-state index in [-0.39, 0.29) is 12.0 Å². The zero-order valence-corrected chi connectivity index (χ0v) is 13.9. The summed E-state index contributed by atoms with van der Waals surface area (Å²) in [6.45, 7) is 9.78. The number of rotatable bonds is 9. The molecule has 0 saturated heterocycles. The third-order valence-corrected chi connectivity index (χ3v) is 3.65. The van der Waals surface area contributed by atoms with Crippen LogP contribution in [0.25, 0.3) is 0 Å². The highest BCUT2D eigenvalue weighted by atomic mass is 16.5. The van der Waals surface area contributed by atoms with Crippen LogP contribution in [0.3, 0.4) is 0 Å². The number of benzene rings is 1. The number of nitrogens with two attached hydrogens (primary N) is 1. The van der Waals surface area contributed by atoms with Gasteiger partial charge >= 0.3 is 0 Å². The number of aliphatic hydroxyl groups is 1. The van der Waals surface area contributed by atoms with Gasteiger partial charge in [-0.15, -0.1) is 0 Å². The van der Waals surface area contributed by atoms with Crippen LogP contribution >= 0.6 is 0 Å². The van der Waals surface area contributed by atoms with Crippen LogP contribution in [-0.2, 0) is 0 Å². The molecule has 120 valence electrons. The zero-order chi connectivity index (χ0) is 15.8. The van der Waals surface area contributed by atoms with Gasteiger partial charge in [-0.25, -0.2) is 0 Å². The van der Waals surface area contributed by atoms with Gasteiger partial charge in [-0.2, -0.15) is 0 Å². The van der Waals surface area contributed by atoms with E-state index in [4.69, 9.17) is 10.5 Å². The molecule has 3 heteroatoms. The lowest BCUT2D eigenvalue weighted by atomic mass is 9.89. The maximum Gasteiger partial charge on any atom is 0.119 e. The molecule has 0 aliphatic heterocycles. The molecule has 0 saturated carbocycles. The first kappa shape index (κ1) is 18.0. The van der Waals surface area contributed by atoms with Crippen LogP contribution in [0.4, 0.5) is 0 Å². The van der Waals surface area contributed by atoms with Crippen LogP contribution in [0.2, 0.25) is 0 Å². The summed E-state index contributed by atoms with van der Waals surface area (Å²) in [6.07, 6.45) is 1.44. The molecule has 0 aliphatic rings. The van der Waals surface area contributed by atoms with Gasteiger partial charge in [0.25, 0.3) is 0 Å². The molecular weight excluding hydrogens is 262 g/mol. The molecule has 0 aliphatic carbocycles. The lowest BCUT2D eigenvalue weighted by Crippen LogP contribution is -2.26. The summed E-state index contributed by atoms with van der Waals surface area (Å²) in [6, 6.07) is 7.97. The number of aliphatic hydroxyl groups excluding tert-OH is 1. The molecule has 1 aromatic rings. The first-order valence-electron chi connectivity index (χ1n) is 8.05. The fourth-order valence-corrected chi connectivity index (χ4v) is 2.29. The van der Waals surface area contributed by atoms with E-state index in [9.17, 15) is 5.11 Å². The van der Waals surface area contributed by atoms with Gasteiger partial charge in [0, 0.05) is 12.5 Å². The second-order valence-electron chi connectivity index (χ2n) is 6.65. The van der Waals surface area contributed by atoms with Crippen molar-refractivity contribution in [1.82, 2.24) is 0 Å². The van der Waals surface area contributed by atoms with Crippen molar-refractivity contribution in [3.63, 3.8) is 0 Å². The zero-order valence-electron chi connectivity index (χ0n) is 13.9. The predicted molar refractivity (Wildman–Crippen MR) is 88.6 cm³/mol. The summed E-state index contributed by atoms with van der Waals surface area (Å²) in [5, 5.41) is 10.3. The summed E-state index contributed by atoms with van der Waals surface area (Å²) >= 11 is 0. The van der Waals surface area contributed by atoms with Gasteiger partial charge in [0.2, 0.25) is 0 Å². The van der Waals surface area contributed by atoms with Crippen molar-refractivity contribution in [1.29, 1.82) is 0 Å². The molecule has 3 N–H and O–H groups in total. The van der Waals surface area contributed by atoms with Crippen LogP contribution in [-0.4, -0.2) is 24.4 Å². The molecule has 21 heavy (non-hydrogen) atoms. The first-order valence-corrected chi connectivity index (χ1v) is 8.05. The fourth-order valence-electron chi connectivity index (χ4n) is 2.29. The van der Waals surface area contributed by atoms with E-state index in [0.717, 1.165) is 30.8 Å². The molecule has 0 fully saturated rings. The van der Waals surface area contributed by atoms with Crippen LogP contribution in [0.1, 0.15) is 52.0 Å². The number of ether oxygens (including phenoxy) is 1. The topological polar surface area (TPSA) is 55.5 Å². The largest absolute Gasteiger partial charge is 0.493 e. The average Bonchev–Trinajstić information content (AvgIpc) is 2.45. The van der Waals surface area contributed by atoms with E-state index < -0.39 is 0 Å². The Hall–Kier alpha value is -1.06. The van der Waals surface area contributed by atoms with Gasteiger partial charge < -0.3 is 15.6 Å². The Kier molecular flexibility index (Phi) is 7.76. The smallest absolute Gasteiger partial charge is 0.119 e. The minimum absolute atomic E-state index is 0.00268. The SMILES string of the molecule is CC(C)CCC(O)C(CN)c1ccc(OCC(C)C)cc1. The van der Waals surface area contributed by atoms with Crippen molar-refractivity contribution in [2.75, 3.05) is 13.2 Å². The van der Waals surface area contributed by atoms with Crippen molar-refractivity contribution in [3.8, 4) is 5.75 Å². The normalized spacial score (nSPS) is 14.5. The van der Waals surface area contributed by atoms with Gasteiger partial charge in [-0.05, 0) is 42.4 Å². The molecule has 0 spiro atoms. The van der Waals surface area contributed by atoms with Crippen molar-refractivity contribution in [3.05, 3.63) is 29.8 Å². The minimum atomic E-state index is -0.375. The van der Waals surface area contributed by atoms with Crippen molar-refractivity contribution in [2.45, 2.75) is 52.6 Å². The van der Waals surface area contributed by atoms with E-state index in [1.165, 1.54) is 0 Å². The van der Waals surface area contributed by atoms with Crippen molar-refractivity contribution < 1.29 is 9.84 Å². The Morgan fingerprint density at radius 1 is 1.00 bits per heavy atom. The molecule has 0 radical (unpaired) electrons. The summed E-state index contributed by atoms with van der Waals surface area (Å²) in [4.78, 5) is 0. The van der Waals surface area contributed by atoms with E-state index in [1.54, 1.807) is 0 Å². The second kappa shape index (κ2) is 9.06. The van der Waals surface area contributed by atoms with Gasteiger partial charge in [0.15, 0.2) is 0 Å². The first-order chi connectivity index (χ1) is 9.93. The van der Waals surface area contributed by atoms with Crippen LogP contribution in [0.5, 0.6) is 5.75 Å². The highest BCUT2D eigenvalue weighted by molar-refractivity contribution is 5.30. The van der Waals surface area contributed by atoms with E-state index in [2.05, 4.69) is 27.7 Å². The molecule has 3 nitrogen and oxygen atoms in total. The molecule has 2 unspecified atom stereocenters. The van der Waals surface area contributed by atoms with Crippen molar-refractivity contribution in [2.24, 2.45) is 17.6 Å². The van der Waals surface area contributed by atoms with Crippen molar-refractivity contribution >= 4 is 0 Å². The van der Waals surface area contributed by atoms with Crippen LogP contribution in [0, 0.1) is 11.8 Å². The summed E-state index contributed by atoms with van der Waals surface area (Å²) < 4.78 is 5.68. The van der Waals surface area contributed by atoms with E-state index >= 15 is 0 Å². The molecule has 0 aromatic heterocycles. The van der Waals surface area contributed by atoms with E-state index in [0.29, 0.717) is 18.4 Å². The van der Waals surface area contributed by atoms with Gasteiger partial charge in [0.1, 0.15) is 5.75 Å². The lowest BCUT2D eigenvalue weighted by Gasteiger charge is -2.23. The second-order valence-corrected chi connectivity index (χ2v) is 6.65. The molecule has 0 bridgehead atoms. The highest BCUT2D eigenvalue weighted by Gasteiger charge is 2.20. The maximum absolute atomic E-state index is 10.3. The fraction of sp³-hybridized carbons (Fsp3) is 0.667. The molecule has 1 aromatic carbocycles. The molecule has 0 amide bonds. The Balaban J connectivity index is 2.64. The number of hydrogen-bond acceptors (Lipinski definition) is 3. The Labute approximate surface area is 129 Å². The predicted octanol–water partition coefficient (Wildman–Crippen LogP) is 3.56. The average molecular weight is 293 g/mol. The standard InChI is InChI=1S/C18H31NO2/c1-13(2)5-10-18(20)17(11-19)15-6-8-16(9-7-15)21-12-14(3)4/h6-9,13-14,17-18,20H,5,10-12,19H2,1-4H3. The molecule has 2 atom stereocenters. The summed E-state index contributed by atoms with van der Waals surface area (Å²) in [5.41, 5.74) is 6.95. The van der Waals surface area contributed by atoms with Crippen LogP contribution < -0.4 is 10.5 Å². The molecule has 1 rings (SSSR count). The maximum atomic E-state index is 10.3. The lowest BCUT2D eigenvalue weighted by molar-refractivity contribution is 0.129. The highest BCUT2D eigenvalue weighted by Crippen LogP contribution is 2.25. The molecule has 0 heterocycles. The Morgan fingerprint density at radius 2 is 1.62 bits per heavy atom. The van der Waals surface area contributed by atoms with Crippen LogP contribution in [0.15, 0.2) is 24.3 Å². The number of hydrogen-bond donors (Lipinski definition) is 2. The van der Waals surface area contributed by atoms with Gasteiger partial charge in [-0.3, -0.25) is 0 Å². The summed E-state index contributed by atoms with van der Waals surface area (Å²) in [5.74, 6) is 1.99. The third-order valence-electron chi connectivity index (χ3n) is 3.65. The Bertz CT molecular complexity index is 387. The quantitative estimate of drug-likeness (QED) is 0.732.